The van der Waals surface area contributed by atoms with Crippen LogP contribution in [0.2, 0.25) is 0 Å². The lowest BCUT2D eigenvalue weighted by molar-refractivity contribution is -0.383. The third-order valence-electron chi connectivity index (χ3n) is 2.64. The van der Waals surface area contributed by atoms with Crippen molar-refractivity contribution in [1.82, 2.24) is 0 Å². The van der Waals surface area contributed by atoms with E-state index in [0.717, 1.165) is 6.07 Å². The van der Waals surface area contributed by atoms with E-state index in [4.69, 9.17) is 5.11 Å². The molecular formula is C13H8BrFN2O4. The second-order valence-electron chi connectivity index (χ2n) is 4.04. The Morgan fingerprint density at radius 3 is 2.57 bits per heavy atom. The van der Waals surface area contributed by atoms with Crippen LogP contribution in [-0.4, -0.2) is 16.0 Å². The molecule has 0 aliphatic rings. The van der Waals surface area contributed by atoms with Crippen molar-refractivity contribution in [2.45, 2.75) is 0 Å². The van der Waals surface area contributed by atoms with Crippen molar-refractivity contribution in [3.05, 3.63) is 62.4 Å². The van der Waals surface area contributed by atoms with E-state index in [0.29, 0.717) is 10.2 Å². The highest BCUT2D eigenvalue weighted by Gasteiger charge is 2.18. The number of nitrogens with one attached hydrogen (secondary N) is 1. The molecule has 2 N–H and O–H groups in total. The van der Waals surface area contributed by atoms with Crippen LogP contribution in [0.25, 0.3) is 0 Å². The van der Waals surface area contributed by atoms with E-state index in [9.17, 15) is 19.3 Å². The van der Waals surface area contributed by atoms with Gasteiger partial charge in [-0.1, -0.05) is 0 Å². The summed E-state index contributed by atoms with van der Waals surface area (Å²) in [6.07, 6.45) is 0. The van der Waals surface area contributed by atoms with Gasteiger partial charge in [0.2, 0.25) is 0 Å². The van der Waals surface area contributed by atoms with Crippen molar-refractivity contribution in [3.63, 3.8) is 0 Å². The van der Waals surface area contributed by atoms with Gasteiger partial charge < -0.3 is 10.4 Å². The van der Waals surface area contributed by atoms with Crippen LogP contribution in [0.4, 0.5) is 21.5 Å². The summed E-state index contributed by atoms with van der Waals surface area (Å²) in [5, 5.41) is 22.6. The van der Waals surface area contributed by atoms with E-state index < -0.39 is 22.4 Å². The Morgan fingerprint density at radius 1 is 1.24 bits per heavy atom. The molecule has 21 heavy (non-hydrogen) atoms. The van der Waals surface area contributed by atoms with Gasteiger partial charge in [-0.25, -0.2) is 9.18 Å². The second-order valence-corrected chi connectivity index (χ2v) is 4.90. The van der Waals surface area contributed by atoms with Crippen molar-refractivity contribution in [2.24, 2.45) is 0 Å². The van der Waals surface area contributed by atoms with Crippen molar-refractivity contribution in [2.75, 3.05) is 5.32 Å². The Morgan fingerprint density at radius 2 is 1.95 bits per heavy atom. The van der Waals surface area contributed by atoms with E-state index in [1.165, 1.54) is 30.3 Å². The Kier molecular flexibility index (Phi) is 4.18. The number of anilines is 2. The topological polar surface area (TPSA) is 92.5 Å². The highest BCUT2D eigenvalue weighted by molar-refractivity contribution is 9.10. The number of carboxylic acids is 1. The first-order chi connectivity index (χ1) is 9.88. The lowest BCUT2D eigenvalue weighted by Gasteiger charge is -2.09. The van der Waals surface area contributed by atoms with Gasteiger partial charge >= 0.3 is 5.97 Å². The van der Waals surface area contributed by atoms with Gasteiger partial charge in [-0.2, -0.15) is 0 Å². The molecule has 2 aromatic rings. The van der Waals surface area contributed by atoms with Gasteiger partial charge in [-0.3, -0.25) is 10.1 Å². The van der Waals surface area contributed by atoms with Gasteiger partial charge in [-0.05, 0) is 46.3 Å². The number of carboxylic acid groups (broad SMARTS) is 1. The molecule has 0 saturated carbocycles. The molecule has 0 fully saturated rings. The van der Waals surface area contributed by atoms with Crippen molar-refractivity contribution in [3.8, 4) is 0 Å². The maximum absolute atomic E-state index is 13.2. The third kappa shape index (κ3) is 3.34. The number of carbonyl (C=O) groups is 1. The van der Waals surface area contributed by atoms with E-state index in [2.05, 4.69) is 21.2 Å². The van der Waals surface area contributed by atoms with E-state index >= 15 is 0 Å². The number of rotatable bonds is 4. The summed E-state index contributed by atoms with van der Waals surface area (Å²) in [4.78, 5) is 21.2. The van der Waals surface area contributed by atoms with Gasteiger partial charge in [0.15, 0.2) is 0 Å². The van der Waals surface area contributed by atoms with E-state index in [1.807, 2.05) is 0 Å². The van der Waals surface area contributed by atoms with Crippen molar-refractivity contribution < 1.29 is 19.2 Å². The Bertz CT molecular complexity index is 736. The fourth-order valence-corrected chi connectivity index (χ4v) is 2.01. The number of nitro groups is 1. The van der Waals surface area contributed by atoms with Crippen LogP contribution in [0, 0.1) is 15.9 Å². The highest BCUT2D eigenvalue weighted by Crippen LogP contribution is 2.32. The van der Waals surface area contributed by atoms with Gasteiger partial charge in [0.05, 0.1) is 16.2 Å². The maximum Gasteiger partial charge on any atom is 0.335 e. The molecule has 108 valence electrons. The standard InChI is InChI=1S/C13H8BrFN2O4/c14-9-3-2-8(15)6-11(9)16-10-4-1-7(13(18)19)5-12(10)17(20)21/h1-6,16H,(H,18,19). The number of hydrogen-bond acceptors (Lipinski definition) is 4. The van der Waals surface area contributed by atoms with Crippen LogP contribution < -0.4 is 5.32 Å². The number of hydrogen-bond donors (Lipinski definition) is 2. The first-order valence-electron chi connectivity index (χ1n) is 5.62. The van der Waals surface area contributed by atoms with Crippen LogP contribution in [0.1, 0.15) is 10.4 Å². The highest BCUT2D eigenvalue weighted by atomic mass is 79.9. The molecule has 0 bridgehead atoms. The molecule has 0 saturated heterocycles. The van der Waals surface area contributed by atoms with Crippen LogP contribution in [-0.2, 0) is 0 Å². The zero-order valence-electron chi connectivity index (χ0n) is 10.3. The molecule has 0 amide bonds. The second kappa shape index (κ2) is 5.88. The molecular weight excluding hydrogens is 347 g/mol. The van der Waals surface area contributed by atoms with Gasteiger partial charge in [0.25, 0.3) is 5.69 Å². The number of nitrogens with zero attached hydrogens (tertiary/aromatic N) is 1. The predicted molar refractivity (Wildman–Crippen MR) is 77.4 cm³/mol. The Hall–Kier alpha value is -2.48. The Balaban J connectivity index is 2.46. The molecule has 0 atom stereocenters. The monoisotopic (exact) mass is 354 g/mol. The molecule has 0 aromatic heterocycles. The minimum absolute atomic E-state index is 0.0660. The first-order valence-corrected chi connectivity index (χ1v) is 6.41. The minimum atomic E-state index is -1.27. The molecule has 6 nitrogen and oxygen atoms in total. The molecule has 0 aliphatic carbocycles. The average Bonchev–Trinajstić information content (AvgIpc) is 2.42. The summed E-state index contributed by atoms with van der Waals surface area (Å²) in [6, 6.07) is 7.28. The van der Waals surface area contributed by atoms with Crippen LogP contribution >= 0.6 is 15.9 Å². The van der Waals surface area contributed by atoms with Crippen molar-refractivity contribution >= 4 is 39.0 Å². The predicted octanol–water partition coefficient (Wildman–Crippen LogP) is 3.94. The summed E-state index contributed by atoms with van der Waals surface area (Å²) >= 11 is 3.19. The molecule has 0 heterocycles. The third-order valence-corrected chi connectivity index (χ3v) is 3.33. The van der Waals surface area contributed by atoms with Crippen molar-refractivity contribution in [1.29, 1.82) is 0 Å². The lowest BCUT2D eigenvalue weighted by Crippen LogP contribution is -2.02. The van der Waals surface area contributed by atoms with Gasteiger partial charge in [0, 0.05) is 10.5 Å². The molecule has 2 rings (SSSR count). The SMILES string of the molecule is O=C(O)c1ccc(Nc2cc(F)ccc2Br)c([N+](=O)[O-])c1. The van der Waals surface area contributed by atoms with Gasteiger partial charge in [-0.15, -0.1) is 0 Å². The molecule has 2 aromatic carbocycles. The van der Waals surface area contributed by atoms with Crippen LogP contribution in [0.3, 0.4) is 0 Å². The molecule has 0 aliphatic heterocycles. The zero-order chi connectivity index (χ0) is 15.6. The summed E-state index contributed by atoms with van der Waals surface area (Å²) in [5.74, 6) is -1.78. The van der Waals surface area contributed by atoms with Crippen LogP contribution in [0.5, 0.6) is 0 Å². The van der Waals surface area contributed by atoms with E-state index in [-0.39, 0.29) is 11.3 Å². The molecule has 0 radical (unpaired) electrons. The summed E-state index contributed by atoms with van der Waals surface area (Å²) in [5.41, 5.74) is -0.255. The molecule has 0 unspecified atom stereocenters. The normalized spacial score (nSPS) is 10.2. The minimum Gasteiger partial charge on any atom is -0.478 e. The first kappa shape index (κ1) is 14.9. The van der Waals surface area contributed by atoms with E-state index in [1.54, 1.807) is 0 Å². The number of benzene rings is 2. The Labute approximate surface area is 126 Å². The summed E-state index contributed by atoms with van der Waals surface area (Å²) in [6.45, 7) is 0. The fourth-order valence-electron chi connectivity index (χ4n) is 1.66. The summed E-state index contributed by atoms with van der Waals surface area (Å²) < 4.78 is 13.7. The number of aromatic carboxylic acids is 1. The maximum atomic E-state index is 13.2. The largest absolute Gasteiger partial charge is 0.478 e. The zero-order valence-corrected chi connectivity index (χ0v) is 11.9. The smallest absolute Gasteiger partial charge is 0.335 e. The lowest BCUT2D eigenvalue weighted by atomic mass is 10.1. The quantitative estimate of drug-likeness (QED) is 0.640. The van der Waals surface area contributed by atoms with Gasteiger partial charge in [0.1, 0.15) is 11.5 Å². The van der Waals surface area contributed by atoms with Crippen LogP contribution in [0.15, 0.2) is 40.9 Å². The fraction of sp³-hybridized carbons (Fsp3) is 0. The molecule has 8 heteroatoms. The summed E-state index contributed by atoms with van der Waals surface area (Å²) in [7, 11) is 0. The molecule has 0 spiro atoms. The number of nitro benzene ring substituents is 1. The average molecular weight is 355 g/mol. The number of halogens is 2.